The molecule has 3 rings (SSSR count). The molecule has 1 amide bonds. The van der Waals surface area contributed by atoms with Gasteiger partial charge < -0.3 is 14.6 Å². The van der Waals surface area contributed by atoms with Gasteiger partial charge in [-0.15, -0.1) is 0 Å². The zero-order valence-corrected chi connectivity index (χ0v) is 17.4. The summed E-state index contributed by atoms with van der Waals surface area (Å²) in [5.74, 6) is 1.04. The molecule has 0 aliphatic heterocycles. The minimum atomic E-state index is -0.421. The van der Waals surface area contributed by atoms with E-state index in [-0.39, 0.29) is 24.9 Å². The number of carbonyl (C=O) groups excluding carboxylic acids is 1. The number of hydrogen-bond donors (Lipinski definition) is 1. The Balaban J connectivity index is 1.60. The van der Waals surface area contributed by atoms with Gasteiger partial charge in [0.05, 0.1) is 18.1 Å². The van der Waals surface area contributed by atoms with Gasteiger partial charge >= 0.3 is 0 Å². The van der Waals surface area contributed by atoms with Gasteiger partial charge in [-0.1, -0.05) is 48.3 Å². The van der Waals surface area contributed by atoms with Gasteiger partial charge in [-0.05, 0) is 30.2 Å². The van der Waals surface area contributed by atoms with Crippen LogP contribution < -0.4 is 10.1 Å². The Kier molecular flexibility index (Phi) is 7.06. The Hall–Kier alpha value is -2.64. The molecule has 2 heterocycles. The molecule has 9 heteroatoms. The lowest BCUT2D eigenvalue weighted by Gasteiger charge is -2.18. The predicted molar refractivity (Wildman–Crippen MR) is 110 cm³/mol. The lowest BCUT2D eigenvalue weighted by Crippen LogP contribution is -2.32. The summed E-state index contributed by atoms with van der Waals surface area (Å²) in [6, 6.07) is 8.30. The van der Waals surface area contributed by atoms with Crippen LogP contribution in [0.5, 0.6) is 5.75 Å². The van der Waals surface area contributed by atoms with Crippen LogP contribution in [0.25, 0.3) is 11.4 Å². The second-order valence-electron chi connectivity index (χ2n) is 6.64. The lowest BCUT2D eigenvalue weighted by atomic mass is 10.0. The van der Waals surface area contributed by atoms with Gasteiger partial charge in [0.1, 0.15) is 16.8 Å². The van der Waals surface area contributed by atoms with Gasteiger partial charge in [-0.25, -0.2) is 0 Å². The van der Waals surface area contributed by atoms with Crippen molar-refractivity contribution < 1.29 is 14.1 Å². The van der Waals surface area contributed by atoms with Crippen LogP contribution in [0.4, 0.5) is 0 Å². The van der Waals surface area contributed by atoms with Crippen LogP contribution in [0.1, 0.15) is 32.2 Å². The molecule has 0 saturated carbocycles. The first-order valence-corrected chi connectivity index (χ1v) is 9.81. The van der Waals surface area contributed by atoms with Gasteiger partial charge in [0.25, 0.3) is 0 Å². The molecule has 0 saturated heterocycles. The summed E-state index contributed by atoms with van der Waals surface area (Å²) in [5.41, 5.74) is 0.739. The van der Waals surface area contributed by atoms with E-state index in [4.69, 9.17) is 32.5 Å². The number of hydrogen-bond acceptors (Lipinski definition) is 6. The molecular formula is C20H20Cl2N4O3. The third kappa shape index (κ3) is 5.46. The fourth-order valence-electron chi connectivity index (χ4n) is 2.58. The molecular weight excluding hydrogens is 415 g/mol. The maximum absolute atomic E-state index is 12.4. The quantitative estimate of drug-likeness (QED) is 0.551. The highest BCUT2D eigenvalue weighted by Crippen LogP contribution is 2.31. The second-order valence-corrected chi connectivity index (χ2v) is 7.42. The normalized spacial score (nSPS) is 12.0. The van der Waals surface area contributed by atoms with Crippen molar-refractivity contribution in [2.24, 2.45) is 5.92 Å². The van der Waals surface area contributed by atoms with E-state index in [9.17, 15) is 4.79 Å². The number of aromatic nitrogens is 3. The van der Waals surface area contributed by atoms with Crippen LogP contribution >= 0.6 is 23.2 Å². The first-order valence-electron chi connectivity index (χ1n) is 9.06. The fourth-order valence-corrected chi connectivity index (χ4v) is 2.93. The average Bonchev–Trinajstić information content (AvgIpc) is 3.19. The van der Waals surface area contributed by atoms with Crippen molar-refractivity contribution in [1.82, 2.24) is 20.4 Å². The number of nitrogens with one attached hydrogen (secondary N) is 1. The van der Waals surface area contributed by atoms with Gasteiger partial charge in [0.15, 0.2) is 0 Å². The molecule has 0 aliphatic carbocycles. The minimum Gasteiger partial charge on any atom is -0.491 e. The predicted octanol–water partition coefficient (Wildman–Crippen LogP) is 4.72. The molecule has 1 atom stereocenters. The molecule has 0 bridgehead atoms. The Bertz CT molecular complexity index is 963. The Morgan fingerprint density at radius 3 is 2.79 bits per heavy atom. The highest BCUT2D eigenvalue weighted by Gasteiger charge is 2.25. The smallest absolute Gasteiger partial charge is 0.249 e. The van der Waals surface area contributed by atoms with E-state index in [1.807, 2.05) is 19.9 Å². The average molecular weight is 435 g/mol. The highest BCUT2D eigenvalue weighted by molar-refractivity contribution is 6.42. The minimum absolute atomic E-state index is 0.0458. The SMILES string of the molecule is CC(C)C(NC(=O)CCOc1cccc(Cl)c1Cl)c1nc(-c2cccnc2)no1. The van der Waals surface area contributed by atoms with Crippen LogP contribution in [0.15, 0.2) is 47.2 Å². The summed E-state index contributed by atoms with van der Waals surface area (Å²) in [6.45, 7) is 4.07. The summed E-state index contributed by atoms with van der Waals surface area (Å²) in [6.07, 6.45) is 3.45. The summed E-state index contributed by atoms with van der Waals surface area (Å²) in [7, 11) is 0. The molecule has 3 aromatic rings. The molecule has 2 aromatic heterocycles. The summed E-state index contributed by atoms with van der Waals surface area (Å²) in [4.78, 5) is 20.9. The van der Waals surface area contributed by atoms with Crippen LogP contribution in [-0.4, -0.2) is 27.6 Å². The summed E-state index contributed by atoms with van der Waals surface area (Å²) >= 11 is 12.0. The van der Waals surface area contributed by atoms with E-state index in [1.54, 1.807) is 36.7 Å². The van der Waals surface area contributed by atoms with Crippen LogP contribution in [0.2, 0.25) is 10.0 Å². The Morgan fingerprint density at radius 1 is 1.24 bits per heavy atom. The second kappa shape index (κ2) is 9.71. The van der Waals surface area contributed by atoms with Crippen LogP contribution in [0, 0.1) is 5.92 Å². The molecule has 152 valence electrons. The molecule has 0 fully saturated rings. The molecule has 7 nitrogen and oxygen atoms in total. The summed E-state index contributed by atoms with van der Waals surface area (Å²) < 4.78 is 10.9. The Morgan fingerprint density at radius 2 is 2.07 bits per heavy atom. The molecule has 0 aliphatic rings. The van der Waals surface area contributed by atoms with Crippen molar-refractivity contribution in [2.45, 2.75) is 26.3 Å². The maximum atomic E-state index is 12.4. The topological polar surface area (TPSA) is 90.1 Å². The third-order valence-electron chi connectivity index (χ3n) is 4.11. The lowest BCUT2D eigenvalue weighted by molar-refractivity contribution is -0.122. The van der Waals surface area contributed by atoms with Gasteiger partial charge in [0.2, 0.25) is 17.6 Å². The van der Waals surface area contributed by atoms with Gasteiger partial charge in [0, 0.05) is 18.0 Å². The van der Waals surface area contributed by atoms with E-state index in [1.165, 1.54) is 0 Å². The summed E-state index contributed by atoms with van der Waals surface area (Å²) in [5, 5.41) is 7.63. The van der Waals surface area contributed by atoms with Crippen molar-refractivity contribution >= 4 is 29.1 Å². The van der Waals surface area contributed by atoms with Crippen LogP contribution in [0.3, 0.4) is 0 Å². The zero-order chi connectivity index (χ0) is 20.8. The van der Waals surface area contributed by atoms with E-state index in [0.717, 1.165) is 5.56 Å². The number of carbonyl (C=O) groups is 1. The zero-order valence-electron chi connectivity index (χ0n) is 15.9. The molecule has 29 heavy (non-hydrogen) atoms. The highest BCUT2D eigenvalue weighted by atomic mass is 35.5. The van der Waals surface area contributed by atoms with Crippen LogP contribution in [-0.2, 0) is 4.79 Å². The number of nitrogens with zero attached hydrogens (tertiary/aromatic N) is 3. The molecule has 1 N–H and O–H groups in total. The molecule has 0 spiro atoms. The monoisotopic (exact) mass is 434 g/mol. The van der Waals surface area contributed by atoms with Crippen molar-refractivity contribution in [3.8, 4) is 17.1 Å². The van der Waals surface area contributed by atoms with Gasteiger partial charge in [-0.2, -0.15) is 4.98 Å². The number of rotatable bonds is 8. The first-order chi connectivity index (χ1) is 14.0. The van der Waals surface area contributed by atoms with Gasteiger partial charge in [-0.3, -0.25) is 9.78 Å². The largest absolute Gasteiger partial charge is 0.491 e. The number of ether oxygens (including phenoxy) is 1. The maximum Gasteiger partial charge on any atom is 0.249 e. The van der Waals surface area contributed by atoms with E-state index in [2.05, 4.69) is 20.4 Å². The van der Waals surface area contributed by atoms with Crippen molar-refractivity contribution in [2.75, 3.05) is 6.61 Å². The van der Waals surface area contributed by atoms with E-state index >= 15 is 0 Å². The van der Waals surface area contributed by atoms with E-state index in [0.29, 0.717) is 27.5 Å². The molecule has 1 unspecified atom stereocenters. The fraction of sp³-hybridized carbons (Fsp3) is 0.300. The van der Waals surface area contributed by atoms with Crippen molar-refractivity contribution in [3.63, 3.8) is 0 Å². The molecule has 0 radical (unpaired) electrons. The number of amides is 1. The number of benzene rings is 1. The number of pyridine rings is 1. The van der Waals surface area contributed by atoms with Crippen molar-refractivity contribution in [3.05, 3.63) is 58.7 Å². The number of halogens is 2. The first kappa shape index (κ1) is 21.1. The van der Waals surface area contributed by atoms with E-state index < -0.39 is 6.04 Å². The standard InChI is InChI=1S/C20H20Cl2N4O3/c1-12(2)18(20-25-19(26-29-20)13-5-4-9-23-11-13)24-16(27)8-10-28-15-7-3-6-14(21)17(15)22/h3-7,9,11-12,18H,8,10H2,1-2H3,(H,24,27). The third-order valence-corrected chi connectivity index (χ3v) is 4.92. The Labute approximate surface area is 178 Å². The van der Waals surface area contributed by atoms with Crippen molar-refractivity contribution in [1.29, 1.82) is 0 Å². The molecule has 1 aromatic carbocycles.